The molecule has 0 amide bonds. The average molecular weight is 279 g/mol. The summed E-state index contributed by atoms with van der Waals surface area (Å²) >= 11 is 5.85. The Morgan fingerprint density at radius 1 is 1.11 bits per heavy atom. The highest BCUT2D eigenvalue weighted by molar-refractivity contribution is 6.30. The molecule has 0 aliphatic carbocycles. The normalized spacial score (nSPS) is 10.3. The Labute approximate surface area is 117 Å². The molecule has 0 aromatic heterocycles. The zero-order chi connectivity index (χ0) is 13.8. The fourth-order valence-electron chi connectivity index (χ4n) is 1.75. The van der Waals surface area contributed by atoms with Crippen molar-refractivity contribution in [2.45, 2.75) is 6.54 Å². The van der Waals surface area contributed by atoms with Gasteiger partial charge in [-0.25, -0.2) is 4.39 Å². The summed E-state index contributed by atoms with van der Waals surface area (Å²) in [6, 6.07) is 12.5. The largest absolute Gasteiger partial charge is 0.381 e. The van der Waals surface area contributed by atoms with Gasteiger partial charge in [0.1, 0.15) is 5.82 Å². The van der Waals surface area contributed by atoms with Crippen molar-refractivity contribution in [2.24, 2.45) is 0 Å². The highest BCUT2D eigenvalue weighted by atomic mass is 35.5. The van der Waals surface area contributed by atoms with Crippen LogP contribution < -0.4 is 10.2 Å². The summed E-state index contributed by atoms with van der Waals surface area (Å²) in [7, 11) is 3.98. The molecule has 100 valence electrons. The summed E-state index contributed by atoms with van der Waals surface area (Å²) in [5.41, 5.74) is 2.63. The standard InChI is InChI=1S/C15H16ClFN2/c1-19(2)14-6-4-13(5-7-14)18-10-11-9-12(16)3-8-15(11)17/h3-9,18H,10H2,1-2H3. The zero-order valence-electron chi connectivity index (χ0n) is 11.0. The number of rotatable bonds is 4. The molecule has 0 heterocycles. The van der Waals surface area contributed by atoms with Crippen LogP contribution in [0.1, 0.15) is 5.56 Å². The lowest BCUT2D eigenvalue weighted by molar-refractivity contribution is 0.613. The average Bonchev–Trinajstić information content (AvgIpc) is 2.40. The van der Waals surface area contributed by atoms with Gasteiger partial charge in [0.05, 0.1) is 0 Å². The SMILES string of the molecule is CN(C)c1ccc(NCc2cc(Cl)ccc2F)cc1. The minimum Gasteiger partial charge on any atom is -0.381 e. The van der Waals surface area contributed by atoms with Gasteiger partial charge in [0.2, 0.25) is 0 Å². The Hall–Kier alpha value is -1.74. The van der Waals surface area contributed by atoms with Crippen LogP contribution in [0.5, 0.6) is 0 Å². The third-order valence-corrected chi connectivity index (χ3v) is 3.11. The first-order chi connectivity index (χ1) is 9.06. The summed E-state index contributed by atoms with van der Waals surface area (Å²) in [5.74, 6) is -0.248. The molecule has 0 aliphatic rings. The first kappa shape index (κ1) is 13.7. The van der Waals surface area contributed by atoms with Crippen molar-refractivity contribution in [3.8, 4) is 0 Å². The molecule has 0 unspecified atom stereocenters. The summed E-state index contributed by atoms with van der Waals surface area (Å²) < 4.78 is 13.5. The zero-order valence-corrected chi connectivity index (χ0v) is 11.7. The molecule has 1 N–H and O–H groups in total. The van der Waals surface area contributed by atoms with E-state index in [1.54, 1.807) is 12.1 Å². The van der Waals surface area contributed by atoms with Crippen LogP contribution in [0.25, 0.3) is 0 Å². The lowest BCUT2D eigenvalue weighted by atomic mass is 10.2. The van der Waals surface area contributed by atoms with Crippen LogP contribution in [0.15, 0.2) is 42.5 Å². The number of hydrogen-bond donors (Lipinski definition) is 1. The van der Waals surface area contributed by atoms with E-state index in [1.807, 2.05) is 43.3 Å². The van der Waals surface area contributed by atoms with Gasteiger partial charge >= 0.3 is 0 Å². The van der Waals surface area contributed by atoms with Crippen LogP contribution in [-0.2, 0) is 6.54 Å². The number of nitrogens with zero attached hydrogens (tertiary/aromatic N) is 1. The quantitative estimate of drug-likeness (QED) is 0.903. The van der Waals surface area contributed by atoms with Gasteiger partial charge in [-0.05, 0) is 42.5 Å². The summed E-state index contributed by atoms with van der Waals surface area (Å²) in [6.07, 6.45) is 0. The van der Waals surface area contributed by atoms with Crippen LogP contribution in [0, 0.1) is 5.82 Å². The molecule has 19 heavy (non-hydrogen) atoms. The Balaban J connectivity index is 2.04. The van der Waals surface area contributed by atoms with Crippen LogP contribution in [-0.4, -0.2) is 14.1 Å². The molecule has 2 rings (SSSR count). The van der Waals surface area contributed by atoms with Gasteiger partial charge in [-0.3, -0.25) is 0 Å². The Morgan fingerprint density at radius 2 is 1.79 bits per heavy atom. The topological polar surface area (TPSA) is 15.3 Å². The second kappa shape index (κ2) is 5.93. The van der Waals surface area contributed by atoms with Gasteiger partial charge in [0.25, 0.3) is 0 Å². The molecule has 0 atom stereocenters. The molecule has 2 aromatic rings. The predicted octanol–water partition coefficient (Wildman–Crippen LogP) is 4.16. The van der Waals surface area contributed by atoms with E-state index in [9.17, 15) is 4.39 Å². The van der Waals surface area contributed by atoms with Crippen molar-refractivity contribution in [3.63, 3.8) is 0 Å². The van der Waals surface area contributed by atoms with Crippen molar-refractivity contribution in [1.82, 2.24) is 0 Å². The van der Waals surface area contributed by atoms with Crippen LogP contribution in [0.4, 0.5) is 15.8 Å². The van der Waals surface area contributed by atoms with Gasteiger partial charge in [0, 0.05) is 42.6 Å². The maximum absolute atomic E-state index is 13.5. The number of halogens is 2. The molecular weight excluding hydrogens is 263 g/mol. The minimum absolute atomic E-state index is 0.248. The fourth-order valence-corrected chi connectivity index (χ4v) is 1.95. The number of benzene rings is 2. The van der Waals surface area contributed by atoms with Gasteiger partial charge < -0.3 is 10.2 Å². The van der Waals surface area contributed by atoms with Crippen molar-refractivity contribution >= 4 is 23.0 Å². The van der Waals surface area contributed by atoms with Crippen molar-refractivity contribution in [2.75, 3.05) is 24.3 Å². The van der Waals surface area contributed by atoms with Crippen LogP contribution in [0.2, 0.25) is 5.02 Å². The Kier molecular flexibility index (Phi) is 4.27. The summed E-state index contributed by atoms with van der Waals surface area (Å²) in [4.78, 5) is 2.03. The van der Waals surface area contributed by atoms with Gasteiger partial charge in [-0.15, -0.1) is 0 Å². The third-order valence-electron chi connectivity index (χ3n) is 2.87. The number of nitrogens with one attached hydrogen (secondary N) is 1. The molecule has 2 nitrogen and oxygen atoms in total. The molecule has 0 spiro atoms. The highest BCUT2D eigenvalue weighted by Crippen LogP contribution is 2.19. The van der Waals surface area contributed by atoms with E-state index in [2.05, 4.69) is 5.32 Å². The Morgan fingerprint density at radius 3 is 2.42 bits per heavy atom. The van der Waals surface area contributed by atoms with Crippen molar-refractivity contribution in [1.29, 1.82) is 0 Å². The van der Waals surface area contributed by atoms with Gasteiger partial charge in [0.15, 0.2) is 0 Å². The second-order valence-electron chi connectivity index (χ2n) is 4.53. The van der Waals surface area contributed by atoms with Crippen LogP contribution >= 0.6 is 11.6 Å². The second-order valence-corrected chi connectivity index (χ2v) is 4.97. The molecule has 0 saturated carbocycles. The molecular formula is C15H16ClFN2. The first-order valence-corrected chi connectivity index (χ1v) is 6.39. The molecule has 0 aliphatic heterocycles. The van der Waals surface area contributed by atoms with Crippen LogP contribution in [0.3, 0.4) is 0 Å². The van der Waals surface area contributed by atoms with E-state index in [-0.39, 0.29) is 5.82 Å². The van der Waals surface area contributed by atoms with Crippen molar-refractivity contribution in [3.05, 3.63) is 58.9 Å². The molecule has 0 bridgehead atoms. The molecule has 0 radical (unpaired) electrons. The van der Waals surface area contributed by atoms with E-state index in [1.165, 1.54) is 6.07 Å². The summed E-state index contributed by atoms with van der Waals surface area (Å²) in [5, 5.41) is 3.72. The van der Waals surface area contributed by atoms with E-state index < -0.39 is 0 Å². The monoisotopic (exact) mass is 278 g/mol. The maximum Gasteiger partial charge on any atom is 0.128 e. The van der Waals surface area contributed by atoms with E-state index in [0.29, 0.717) is 17.1 Å². The number of anilines is 2. The Bertz CT molecular complexity index is 553. The maximum atomic E-state index is 13.5. The predicted molar refractivity (Wildman–Crippen MR) is 79.5 cm³/mol. The lowest BCUT2D eigenvalue weighted by Gasteiger charge is -2.13. The smallest absolute Gasteiger partial charge is 0.128 e. The lowest BCUT2D eigenvalue weighted by Crippen LogP contribution is -2.08. The van der Waals surface area contributed by atoms with E-state index in [0.717, 1.165) is 11.4 Å². The fraction of sp³-hybridized carbons (Fsp3) is 0.200. The van der Waals surface area contributed by atoms with Gasteiger partial charge in [-0.2, -0.15) is 0 Å². The molecule has 4 heteroatoms. The minimum atomic E-state index is -0.248. The van der Waals surface area contributed by atoms with Gasteiger partial charge in [-0.1, -0.05) is 11.6 Å². The third kappa shape index (κ3) is 3.61. The number of hydrogen-bond acceptors (Lipinski definition) is 2. The van der Waals surface area contributed by atoms with Crippen molar-refractivity contribution < 1.29 is 4.39 Å². The molecule has 2 aromatic carbocycles. The van der Waals surface area contributed by atoms with E-state index >= 15 is 0 Å². The molecule has 0 saturated heterocycles. The molecule has 0 fully saturated rings. The first-order valence-electron chi connectivity index (χ1n) is 6.01. The summed E-state index contributed by atoms with van der Waals surface area (Å²) in [6.45, 7) is 0.410. The van der Waals surface area contributed by atoms with E-state index in [4.69, 9.17) is 11.6 Å². The highest BCUT2D eigenvalue weighted by Gasteiger charge is 2.03.